The van der Waals surface area contributed by atoms with Crippen molar-refractivity contribution < 1.29 is 4.39 Å². The van der Waals surface area contributed by atoms with Crippen LogP contribution in [0.4, 0.5) is 10.3 Å². The van der Waals surface area contributed by atoms with E-state index in [9.17, 15) is 4.39 Å². The number of H-pyrrole nitrogens is 1. The number of nitrogens with one attached hydrogen (secondary N) is 2. The molecule has 1 saturated carbocycles. The molecule has 0 radical (unpaired) electrons. The summed E-state index contributed by atoms with van der Waals surface area (Å²) in [5.74, 6) is 2.03. The van der Waals surface area contributed by atoms with Crippen molar-refractivity contribution in [2.24, 2.45) is 11.8 Å². The van der Waals surface area contributed by atoms with E-state index in [0.717, 1.165) is 28.8 Å². The molecule has 0 amide bonds. The van der Waals surface area contributed by atoms with Crippen molar-refractivity contribution in [2.45, 2.75) is 39.2 Å². The minimum Gasteiger partial charge on any atom is -0.353 e. The summed E-state index contributed by atoms with van der Waals surface area (Å²) in [5, 5.41) is 3.46. The van der Waals surface area contributed by atoms with Crippen LogP contribution in [0.2, 0.25) is 0 Å². The first-order valence-electron chi connectivity index (χ1n) is 7.02. The number of nitrogens with zero attached hydrogens (tertiary/aromatic N) is 1. The highest BCUT2D eigenvalue weighted by molar-refractivity contribution is 5.77. The number of fused-ring (bicyclic) bond motifs is 1. The van der Waals surface area contributed by atoms with E-state index in [-0.39, 0.29) is 5.82 Å². The van der Waals surface area contributed by atoms with Crippen molar-refractivity contribution in [3.05, 3.63) is 24.0 Å². The number of imidazole rings is 1. The molecule has 0 spiro atoms. The van der Waals surface area contributed by atoms with Gasteiger partial charge in [-0.1, -0.05) is 13.8 Å². The molecular formula is C15H20FN3. The minimum absolute atomic E-state index is 0.234. The van der Waals surface area contributed by atoms with Gasteiger partial charge in [-0.15, -0.1) is 0 Å². The Kier molecular flexibility index (Phi) is 3.17. The van der Waals surface area contributed by atoms with Gasteiger partial charge < -0.3 is 10.3 Å². The van der Waals surface area contributed by atoms with Gasteiger partial charge in [0, 0.05) is 6.04 Å². The number of anilines is 1. The Morgan fingerprint density at radius 1 is 1.21 bits per heavy atom. The molecule has 3 rings (SSSR count). The molecular weight excluding hydrogens is 241 g/mol. The topological polar surface area (TPSA) is 40.7 Å². The van der Waals surface area contributed by atoms with Gasteiger partial charge in [0.2, 0.25) is 5.95 Å². The fraction of sp³-hybridized carbons (Fsp3) is 0.533. The molecule has 3 nitrogen and oxygen atoms in total. The second kappa shape index (κ2) is 4.83. The van der Waals surface area contributed by atoms with Crippen LogP contribution in [-0.4, -0.2) is 16.0 Å². The molecule has 2 N–H and O–H groups in total. The molecule has 1 heterocycles. The highest BCUT2D eigenvalue weighted by atomic mass is 19.1. The Labute approximate surface area is 112 Å². The second-order valence-corrected chi connectivity index (χ2v) is 6.01. The van der Waals surface area contributed by atoms with Gasteiger partial charge in [-0.3, -0.25) is 0 Å². The third-order valence-electron chi connectivity index (χ3n) is 3.96. The number of hydrogen-bond acceptors (Lipinski definition) is 2. The molecule has 0 saturated heterocycles. The fourth-order valence-electron chi connectivity index (χ4n) is 3.31. The number of benzene rings is 1. The van der Waals surface area contributed by atoms with Gasteiger partial charge in [-0.25, -0.2) is 9.37 Å². The first-order valence-corrected chi connectivity index (χ1v) is 7.02. The van der Waals surface area contributed by atoms with Gasteiger partial charge in [0.05, 0.1) is 11.0 Å². The Morgan fingerprint density at radius 2 is 1.95 bits per heavy atom. The molecule has 2 atom stereocenters. The first-order chi connectivity index (χ1) is 9.10. The molecule has 4 heteroatoms. The van der Waals surface area contributed by atoms with Gasteiger partial charge in [0.15, 0.2) is 0 Å². The van der Waals surface area contributed by atoms with E-state index in [4.69, 9.17) is 0 Å². The van der Waals surface area contributed by atoms with E-state index in [0.29, 0.717) is 6.04 Å². The lowest BCUT2D eigenvalue weighted by molar-refractivity contribution is 0.280. The van der Waals surface area contributed by atoms with Crippen LogP contribution in [0.3, 0.4) is 0 Å². The Morgan fingerprint density at radius 3 is 2.68 bits per heavy atom. The standard InChI is InChI=1S/C15H20FN3/c1-9-5-10(2)7-12(6-9)17-15-18-13-4-3-11(16)8-14(13)19-15/h3-4,8-10,12H,5-7H2,1-2H3,(H2,17,18,19). The van der Waals surface area contributed by atoms with Crippen LogP contribution in [0, 0.1) is 17.7 Å². The Balaban J connectivity index is 1.77. The van der Waals surface area contributed by atoms with Crippen LogP contribution in [-0.2, 0) is 0 Å². The molecule has 2 aromatic rings. The predicted molar refractivity (Wildman–Crippen MR) is 75.6 cm³/mol. The van der Waals surface area contributed by atoms with E-state index in [2.05, 4.69) is 29.1 Å². The maximum Gasteiger partial charge on any atom is 0.201 e. The van der Waals surface area contributed by atoms with Crippen LogP contribution < -0.4 is 5.32 Å². The Bertz CT molecular complexity index is 568. The van der Waals surface area contributed by atoms with Crippen molar-refractivity contribution in [2.75, 3.05) is 5.32 Å². The summed E-state index contributed by atoms with van der Waals surface area (Å²) >= 11 is 0. The number of rotatable bonds is 2. The van der Waals surface area contributed by atoms with Gasteiger partial charge >= 0.3 is 0 Å². The summed E-state index contributed by atoms with van der Waals surface area (Å²) in [6, 6.07) is 5.10. The van der Waals surface area contributed by atoms with E-state index in [1.54, 1.807) is 6.07 Å². The first kappa shape index (κ1) is 12.5. The van der Waals surface area contributed by atoms with Crippen molar-refractivity contribution in [1.82, 2.24) is 9.97 Å². The number of hydrogen-bond donors (Lipinski definition) is 2. The van der Waals surface area contributed by atoms with E-state index in [1.807, 2.05) is 0 Å². The maximum absolute atomic E-state index is 13.1. The molecule has 19 heavy (non-hydrogen) atoms. The predicted octanol–water partition coefficient (Wildman–Crippen LogP) is 3.94. The zero-order valence-electron chi connectivity index (χ0n) is 11.4. The SMILES string of the molecule is CC1CC(C)CC(Nc2nc3ccc(F)cc3[nH]2)C1. The summed E-state index contributed by atoms with van der Waals surface area (Å²) < 4.78 is 13.1. The average molecular weight is 261 g/mol. The summed E-state index contributed by atoms with van der Waals surface area (Å²) in [4.78, 5) is 7.62. The molecule has 1 aliphatic carbocycles. The largest absolute Gasteiger partial charge is 0.353 e. The summed E-state index contributed by atoms with van der Waals surface area (Å²) in [7, 11) is 0. The number of aromatic amines is 1. The molecule has 0 aliphatic heterocycles. The molecule has 0 bridgehead atoms. The second-order valence-electron chi connectivity index (χ2n) is 6.01. The lowest BCUT2D eigenvalue weighted by Crippen LogP contribution is -2.30. The molecule has 1 aliphatic rings. The van der Waals surface area contributed by atoms with Gasteiger partial charge in [0.1, 0.15) is 5.82 Å². The molecule has 102 valence electrons. The lowest BCUT2D eigenvalue weighted by atomic mass is 9.80. The highest BCUT2D eigenvalue weighted by Gasteiger charge is 2.24. The third-order valence-corrected chi connectivity index (χ3v) is 3.96. The Hall–Kier alpha value is -1.58. The van der Waals surface area contributed by atoms with E-state index in [1.165, 1.54) is 31.4 Å². The molecule has 1 aromatic carbocycles. The quantitative estimate of drug-likeness (QED) is 0.859. The van der Waals surface area contributed by atoms with Crippen LogP contribution >= 0.6 is 0 Å². The highest BCUT2D eigenvalue weighted by Crippen LogP contribution is 2.30. The average Bonchev–Trinajstić information content (AvgIpc) is 2.68. The summed E-state index contributed by atoms with van der Waals surface area (Å²) in [6.45, 7) is 4.61. The van der Waals surface area contributed by atoms with Crippen LogP contribution in [0.25, 0.3) is 11.0 Å². The zero-order valence-corrected chi connectivity index (χ0v) is 11.4. The minimum atomic E-state index is -0.234. The van der Waals surface area contributed by atoms with Crippen molar-refractivity contribution >= 4 is 17.0 Å². The van der Waals surface area contributed by atoms with Crippen LogP contribution in [0.1, 0.15) is 33.1 Å². The van der Waals surface area contributed by atoms with E-state index < -0.39 is 0 Å². The zero-order chi connectivity index (χ0) is 13.4. The van der Waals surface area contributed by atoms with Crippen LogP contribution in [0.15, 0.2) is 18.2 Å². The number of aromatic nitrogens is 2. The van der Waals surface area contributed by atoms with Crippen molar-refractivity contribution in [3.63, 3.8) is 0 Å². The van der Waals surface area contributed by atoms with Crippen molar-refractivity contribution in [3.8, 4) is 0 Å². The summed E-state index contributed by atoms with van der Waals surface area (Å²) in [6.07, 6.45) is 3.66. The molecule has 1 aromatic heterocycles. The third kappa shape index (κ3) is 2.72. The lowest BCUT2D eigenvalue weighted by Gasteiger charge is -2.31. The summed E-state index contributed by atoms with van der Waals surface area (Å²) in [5.41, 5.74) is 1.56. The molecule has 1 fully saturated rings. The van der Waals surface area contributed by atoms with Gasteiger partial charge in [-0.05, 0) is 49.3 Å². The van der Waals surface area contributed by atoms with Gasteiger partial charge in [0.25, 0.3) is 0 Å². The van der Waals surface area contributed by atoms with Crippen molar-refractivity contribution in [1.29, 1.82) is 0 Å². The van der Waals surface area contributed by atoms with Crippen LogP contribution in [0.5, 0.6) is 0 Å². The smallest absolute Gasteiger partial charge is 0.201 e. The monoisotopic (exact) mass is 261 g/mol. The number of halogens is 1. The van der Waals surface area contributed by atoms with Gasteiger partial charge in [-0.2, -0.15) is 0 Å². The fourth-order valence-corrected chi connectivity index (χ4v) is 3.31. The van der Waals surface area contributed by atoms with E-state index >= 15 is 0 Å². The molecule has 2 unspecified atom stereocenters. The maximum atomic E-state index is 13.1. The normalized spacial score (nSPS) is 27.6.